The van der Waals surface area contributed by atoms with Gasteiger partial charge >= 0.3 is 5.97 Å². The van der Waals surface area contributed by atoms with Crippen molar-refractivity contribution in [3.05, 3.63) is 0 Å². The lowest BCUT2D eigenvalue weighted by Gasteiger charge is -2.22. The van der Waals surface area contributed by atoms with E-state index < -0.39 is 11.8 Å². The highest BCUT2D eigenvalue weighted by atomic mass is 16.5. The second-order valence-electron chi connectivity index (χ2n) is 4.20. The fourth-order valence-electron chi connectivity index (χ4n) is 1.86. The molecule has 86 valence electrons. The molecule has 0 saturated carbocycles. The Balaban J connectivity index is 2.23. The third kappa shape index (κ3) is 4.00. The Bertz CT molecular complexity index is 231. The number of hydrogen-bond donors (Lipinski definition) is 1. The Morgan fingerprint density at radius 2 is 2.00 bits per heavy atom. The molecule has 1 rings (SSSR count). The fraction of sp³-hybridized carbons (Fsp3) is 0.818. The van der Waals surface area contributed by atoms with Gasteiger partial charge in [-0.1, -0.05) is 6.92 Å². The number of rotatable bonds is 5. The normalized spacial score (nSPS) is 19.8. The molecule has 0 bridgehead atoms. The minimum absolute atomic E-state index is 0.356. The molecule has 1 unspecified atom stereocenters. The smallest absolute Gasteiger partial charge is 0.372 e. The van der Waals surface area contributed by atoms with E-state index >= 15 is 0 Å². The summed E-state index contributed by atoms with van der Waals surface area (Å²) in [5, 5.41) is 8.52. The molecule has 4 nitrogen and oxygen atoms in total. The van der Waals surface area contributed by atoms with E-state index in [4.69, 9.17) is 9.84 Å². The van der Waals surface area contributed by atoms with Crippen LogP contribution in [0.3, 0.4) is 0 Å². The van der Waals surface area contributed by atoms with E-state index in [2.05, 4.69) is 0 Å². The summed E-state index contributed by atoms with van der Waals surface area (Å²) >= 11 is 0. The Kier molecular flexibility index (Phi) is 4.75. The van der Waals surface area contributed by atoms with E-state index in [1.54, 1.807) is 6.92 Å². The quantitative estimate of drug-likeness (QED) is 0.704. The number of carboxylic acid groups (broad SMARTS) is 1. The lowest BCUT2D eigenvalue weighted by molar-refractivity contribution is -0.151. The molecule has 1 saturated heterocycles. The zero-order valence-electron chi connectivity index (χ0n) is 9.07. The van der Waals surface area contributed by atoms with E-state index in [0.717, 1.165) is 32.5 Å². The van der Waals surface area contributed by atoms with Gasteiger partial charge in [-0.2, -0.15) is 0 Å². The standard InChI is InChI=1S/C11H18O4/c1-8(10(12)11(13)14)2-3-9-4-6-15-7-5-9/h8-9H,2-7H2,1H3,(H,13,14). The van der Waals surface area contributed by atoms with Crippen LogP contribution < -0.4 is 0 Å². The molecule has 1 atom stereocenters. The second kappa shape index (κ2) is 5.85. The summed E-state index contributed by atoms with van der Waals surface area (Å²) in [6.45, 7) is 3.29. The molecule has 1 fully saturated rings. The molecule has 1 heterocycles. The van der Waals surface area contributed by atoms with Crippen molar-refractivity contribution in [3.63, 3.8) is 0 Å². The number of ketones is 1. The highest BCUT2D eigenvalue weighted by Crippen LogP contribution is 2.22. The van der Waals surface area contributed by atoms with Crippen molar-refractivity contribution in [2.75, 3.05) is 13.2 Å². The Hall–Kier alpha value is -0.900. The number of hydrogen-bond acceptors (Lipinski definition) is 3. The monoisotopic (exact) mass is 214 g/mol. The average molecular weight is 214 g/mol. The average Bonchev–Trinajstić information content (AvgIpc) is 2.26. The minimum atomic E-state index is -1.31. The van der Waals surface area contributed by atoms with Gasteiger partial charge in [0.1, 0.15) is 0 Å². The van der Waals surface area contributed by atoms with E-state index in [-0.39, 0.29) is 5.92 Å². The molecule has 1 N–H and O–H groups in total. The van der Waals surface area contributed by atoms with Crippen LogP contribution in [0.25, 0.3) is 0 Å². The van der Waals surface area contributed by atoms with Gasteiger partial charge in [0.25, 0.3) is 0 Å². The summed E-state index contributed by atoms with van der Waals surface area (Å²) in [4.78, 5) is 21.5. The summed E-state index contributed by atoms with van der Waals surface area (Å²) in [7, 11) is 0. The van der Waals surface area contributed by atoms with Crippen LogP contribution in [0.5, 0.6) is 0 Å². The lowest BCUT2D eigenvalue weighted by atomic mass is 9.90. The molecular weight excluding hydrogens is 196 g/mol. The second-order valence-corrected chi connectivity index (χ2v) is 4.20. The van der Waals surface area contributed by atoms with Crippen molar-refractivity contribution in [1.82, 2.24) is 0 Å². The first kappa shape index (κ1) is 12.2. The third-order valence-corrected chi connectivity index (χ3v) is 3.01. The van der Waals surface area contributed by atoms with Crippen LogP contribution in [-0.4, -0.2) is 30.1 Å². The van der Waals surface area contributed by atoms with E-state index in [9.17, 15) is 9.59 Å². The first-order chi connectivity index (χ1) is 7.11. The highest BCUT2D eigenvalue weighted by Gasteiger charge is 2.22. The number of ether oxygens (including phenoxy) is 1. The first-order valence-corrected chi connectivity index (χ1v) is 5.46. The molecule has 0 aromatic rings. The molecule has 0 radical (unpaired) electrons. The summed E-state index contributed by atoms with van der Waals surface area (Å²) in [5.74, 6) is -1.73. The molecule has 0 spiro atoms. The van der Waals surface area contributed by atoms with E-state index in [1.807, 2.05) is 0 Å². The molecule has 0 aliphatic carbocycles. The molecule has 0 aromatic heterocycles. The summed E-state index contributed by atoms with van der Waals surface area (Å²) in [6.07, 6.45) is 3.68. The van der Waals surface area contributed by atoms with Gasteiger partial charge in [0.2, 0.25) is 5.78 Å². The Morgan fingerprint density at radius 3 is 2.53 bits per heavy atom. The minimum Gasteiger partial charge on any atom is -0.475 e. The third-order valence-electron chi connectivity index (χ3n) is 3.01. The highest BCUT2D eigenvalue weighted by molar-refractivity contribution is 6.33. The van der Waals surface area contributed by atoms with Gasteiger partial charge in [-0.3, -0.25) is 4.79 Å². The summed E-state index contributed by atoms with van der Waals surface area (Å²) in [6, 6.07) is 0. The first-order valence-electron chi connectivity index (χ1n) is 5.46. The number of Topliss-reactive ketones (excluding diaryl/α,β-unsaturated/α-hetero) is 1. The SMILES string of the molecule is CC(CCC1CCOCC1)C(=O)C(=O)O. The maximum Gasteiger partial charge on any atom is 0.372 e. The maximum atomic E-state index is 11.1. The van der Waals surface area contributed by atoms with E-state index in [1.165, 1.54) is 0 Å². The number of carboxylic acids is 1. The van der Waals surface area contributed by atoms with Crippen LogP contribution in [0, 0.1) is 11.8 Å². The molecule has 4 heteroatoms. The van der Waals surface area contributed by atoms with Crippen LogP contribution in [0.4, 0.5) is 0 Å². The zero-order valence-corrected chi connectivity index (χ0v) is 9.07. The molecular formula is C11H18O4. The zero-order chi connectivity index (χ0) is 11.3. The number of aliphatic carboxylic acids is 1. The van der Waals surface area contributed by atoms with Crippen LogP contribution in [-0.2, 0) is 14.3 Å². The van der Waals surface area contributed by atoms with Crippen LogP contribution in [0.15, 0.2) is 0 Å². The number of carbonyl (C=O) groups is 2. The van der Waals surface area contributed by atoms with Crippen molar-refractivity contribution >= 4 is 11.8 Å². The van der Waals surface area contributed by atoms with Crippen molar-refractivity contribution in [1.29, 1.82) is 0 Å². The topological polar surface area (TPSA) is 63.6 Å². The summed E-state index contributed by atoms with van der Waals surface area (Å²) in [5.41, 5.74) is 0. The molecule has 0 aromatic carbocycles. The predicted molar refractivity (Wildman–Crippen MR) is 54.6 cm³/mol. The maximum absolute atomic E-state index is 11.1. The molecule has 0 amide bonds. The Morgan fingerprint density at radius 1 is 1.40 bits per heavy atom. The van der Waals surface area contributed by atoms with Crippen molar-refractivity contribution in [3.8, 4) is 0 Å². The van der Waals surface area contributed by atoms with Gasteiger partial charge in [-0.05, 0) is 31.6 Å². The van der Waals surface area contributed by atoms with Crippen molar-refractivity contribution < 1.29 is 19.4 Å². The largest absolute Gasteiger partial charge is 0.475 e. The van der Waals surface area contributed by atoms with Gasteiger partial charge < -0.3 is 9.84 Å². The predicted octanol–water partition coefficient (Wildman–Crippen LogP) is 1.48. The van der Waals surface area contributed by atoms with Gasteiger partial charge in [0, 0.05) is 19.1 Å². The molecule has 1 aliphatic heterocycles. The van der Waals surface area contributed by atoms with Gasteiger partial charge in [-0.25, -0.2) is 4.79 Å². The summed E-state index contributed by atoms with van der Waals surface area (Å²) < 4.78 is 5.23. The van der Waals surface area contributed by atoms with Crippen LogP contribution in [0.1, 0.15) is 32.6 Å². The van der Waals surface area contributed by atoms with E-state index in [0.29, 0.717) is 12.3 Å². The van der Waals surface area contributed by atoms with Gasteiger partial charge in [0.05, 0.1) is 0 Å². The number of carbonyl (C=O) groups excluding carboxylic acids is 1. The van der Waals surface area contributed by atoms with Crippen molar-refractivity contribution in [2.45, 2.75) is 32.6 Å². The van der Waals surface area contributed by atoms with Gasteiger partial charge in [0.15, 0.2) is 0 Å². The van der Waals surface area contributed by atoms with Gasteiger partial charge in [-0.15, -0.1) is 0 Å². The Labute approximate surface area is 89.6 Å². The molecule has 1 aliphatic rings. The van der Waals surface area contributed by atoms with Crippen molar-refractivity contribution in [2.24, 2.45) is 11.8 Å². The lowest BCUT2D eigenvalue weighted by Crippen LogP contribution is -2.23. The fourth-order valence-corrected chi connectivity index (χ4v) is 1.86. The molecule has 15 heavy (non-hydrogen) atoms. The van der Waals surface area contributed by atoms with Crippen LogP contribution >= 0.6 is 0 Å². The van der Waals surface area contributed by atoms with Crippen LogP contribution in [0.2, 0.25) is 0 Å².